The molecule has 0 bridgehead atoms. The number of aromatic nitrogens is 3. The second-order valence-electron chi connectivity index (χ2n) is 5.74. The maximum absolute atomic E-state index is 11.8. The highest BCUT2D eigenvalue weighted by Gasteiger charge is 2.07. The van der Waals surface area contributed by atoms with Crippen molar-refractivity contribution in [1.29, 1.82) is 0 Å². The molecule has 1 heterocycles. The standard InChI is InChI=1S/C16H23N5O2/c1-10-7-11(2)13(12(3)8-10)5-6-17-15(22)18-9-14-19-20-16(23)21(14)4/h7-8H,5-6,9H2,1-4H3,(H,20,23)(H2,17,18,22). The number of hydrogen-bond acceptors (Lipinski definition) is 3. The van der Waals surface area contributed by atoms with Crippen molar-refractivity contribution < 1.29 is 4.79 Å². The summed E-state index contributed by atoms with van der Waals surface area (Å²) in [6.07, 6.45) is 0.784. The maximum atomic E-state index is 11.8. The van der Waals surface area contributed by atoms with E-state index in [0.717, 1.165) is 6.42 Å². The van der Waals surface area contributed by atoms with Gasteiger partial charge in [-0.2, -0.15) is 5.10 Å². The number of urea groups is 1. The number of H-pyrrole nitrogens is 1. The van der Waals surface area contributed by atoms with Crippen LogP contribution in [-0.4, -0.2) is 27.3 Å². The summed E-state index contributed by atoms with van der Waals surface area (Å²) in [7, 11) is 1.60. The molecule has 1 aromatic heterocycles. The minimum Gasteiger partial charge on any atom is -0.338 e. The van der Waals surface area contributed by atoms with Gasteiger partial charge in [0.25, 0.3) is 0 Å². The van der Waals surface area contributed by atoms with Crippen LogP contribution in [0.25, 0.3) is 0 Å². The molecule has 0 atom stereocenters. The molecule has 23 heavy (non-hydrogen) atoms. The Kier molecular flexibility index (Phi) is 5.20. The molecule has 0 aliphatic rings. The van der Waals surface area contributed by atoms with Gasteiger partial charge in [0.05, 0.1) is 6.54 Å². The van der Waals surface area contributed by atoms with Crippen LogP contribution >= 0.6 is 0 Å². The van der Waals surface area contributed by atoms with Crippen molar-refractivity contribution in [3.8, 4) is 0 Å². The molecular weight excluding hydrogens is 294 g/mol. The van der Waals surface area contributed by atoms with Gasteiger partial charge < -0.3 is 10.6 Å². The number of aromatic amines is 1. The zero-order chi connectivity index (χ0) is 17.0. The Balaban J connectivity index is 1.81. The van der Waals surface area contributed by atoms with Gasteiger partial charge in [-0.25, -0.2) is 14.7 Å². The summed E-state index contributed by atoms with van der Waals surface area (Å²) in [5.74, 6) is 0.482. The fraction of sp³-hybridized carbons (Fsp3) is 0.438. The molecule has 0 aliphatic carbocycles. The first-order valence-corrected chi connectivity index (χ1v) is 7.57. The van der Waals surface area contributed by atoms with Gasteiger partial charge in [0.2, 0.25) is 0 Å². The van der Waals surface area contributed by atoms with Crippen molar-refractivity contribution in [1.82, 2.24) is 25.4 Å². The number of carbonyl (C=O) groups is 1. The molecule has 0 saturated carbocycles. The van der Waals surface area contributed by atoms with E-state index in [2.05, 4.69) is 53.7 Å². The number of nitrogens with one attached hydrogen (secondary N) is 3. The number of carbonyl (C=O) groups excluding carboxylic acids is 1. The highest BCUT2D eigenvalue weighted by Crippen LogP contribution is 2.16. The Morgan fingerprint density at radius 3 is 2.43 bits per heavy atom. The van der Waals surface area contributed by atoms with E-state index < -0.39 is 0 Å². The first-order valence-electron chi connectivity index (χ1n) is 7.57. The van der Waals surface area contributed by atoms with E-state index in [1.165, 1.54) is 26.8 Å². The van der Waals surface area contributed by atoms with E-state index in [-0.39, 0.29) is 18.3 Å². The van der Waals surface area contributed by atoms with Gasteiger partial charge in [-0.1, -0.05) is 17.7 Å². The molecule has 2 aromatic rings. The molecule has 7 heteroatoms. The lowest BCUT2D eigenvalue weighted by molar-refractivity contribution is 0.240. The van der Waals surface area contributed by atoms with E-state index in [1.807, 2.05) is 0 Å². The lowest BCUT2D eigenvalue weighted by atomic mass is 9.97. The summed E-state index contributed by atoms with van der Waals surface area (Å²) in [5, 5.41) is 11.7. The molecule has 0 spiro atoms. The largest absolute Gasteiger partial charge is 0.343 e. The van der Waals surface area contributed by atoms with Gasteiger partial charge in [-0.3, -0.25) is 4.57 Å². The Morgan fingerprint density at radius 1 is 1.22 bits per heavy atom. The lowest BCUT2D eigenvalue weighted by Gasteiger charge is -2.12. The predicted molar refractivity (Wildman–Crippen MR) is 88.4 cm³/mol. The molecule has 0 fully saturated rings. The number of nitrogens with zero attached hydrogens (tertiary/aromatic N) is 2. The van der Waals surface area contributed by atoms with Crippen molar-refractivity contribution in [2.45, 2.75) is 33.7 Å². The summed E-state index contributed by atoms with van der Waals surface area (Å²) >= 11 is 0. The third kappa shape index (κ3) is 4.21. The van der Waals surface area contributed by atoms with E-state index in [9.17, 15) is 9.59 Å². The molecule has 0 radical (unpaired) electrons. The summed E-state index contributed by atoms with van der Waals surface area (Å²) < 4.78 is 1.36. The Morgan fingerprint density at radius 2 is 1.87 bits per heavy atom. The van der Waals surface area contributed by atoms with Crippen LogP contribution in [0.15, 0.2) is 16.9 Å². The van der Waals surface area contributed by atoms with Crippen LogP contribution in [-0.2, 0) is 20.0 Å². The van der Waals surface area contributed by atoms with Crippen LogP contribution in [0.4, 0.5) is 4.79 Å². The molecular formula is C16H23N5O2. The third-order valence-corrected chi connectivity index (χ3v) is 3.88. The van der Waals surface area contributed by atoms with Gasteiger partial charge in [-0.15, -0.1) is 0 Å². The second kappa shape index (κ2) is 7.13. The van der Waals surface area contributed by atoms with Gasteiger partial charge in [-0.05, 0) is 43.9 Å². The fourth-order valence-electron chi connectivity index (χ4n) is 2.66. The number of benzene rings is 1. The zero-order valence-electron chi connectivity index (χ0n) is 14.0. The molecule has 2 rings (SSSR count). The zero-order valence-corrected chi connectivity index (χ0v) is 14.0. The summed E-state index contributed by atoms with van der Waals surface area (Å²) in [5.41, 5.74) is 4.71. The van der Waals surface area contributed by atoms with Gasteiger partial charge >= 0.3 is 11.7 Å². The third-order valence-electron chi connectivity index (χ3n) is 3.88. The van der Waals surface area contributed by atoms with Crippen LogP contribution in [0.3, 0.4) is 0 Å². The first kappa shape index (κ1) is 16.8. The lowest BCUT2D eigenvalue weighted by Crippen LogP contribution is -2.37. The number of rotatable bonds is 5. The Labute approximate surface area is 135 Å². The second-order valence-corrected chi connectivity index (χ2v) is 5.74. The monoisotopic (exact) mass is 317 g/mol. The Hall–Kier alpha value is -2.57. The quantitative estimate of drug-likeness (QED) is 0.770. The van der Waals surface area contributed by atoms with Crippen LogP contribution in [0.1, 0.15) is 28.1 Å². The van der Waals surface area contributed by atoms with E-state index in [1.54, 1.807) is 7.05 Å². The van der Waals surface area contributed by atoms with E-state index >= 15 is 0 Å². The number of hydrogen-bond donors (Lipinski definition) is 3. The minimum absolute atomic E-state index is 0.198. The number of amides is 2. The van der Waals surface area contributed by atoms with Crippen molar-refractivity contribution >= 4 is 6.03 Å². The Bertz CT molecular complexity index is 737. The van der Waals surface area contributed by atoms with Crippen LogP contribution in [0.5, 0.6) is 0 Å². The maximum Gasteiger partial charge on any atom is 0.343 e. The molecule has 3 N–H and O–H groups in total. The molecule has 0 aliphatic heterocycles. The fourth-order valence-corrected chi connectivity index (χ4v) is 2.66. The topological polar surface area (TPSA) is 91.8 Å². The average molecular weight is 317 g/mol. The van der Waals surface area contributed by atoms with Crippen molar-refractivity contribution in [3.63, 3.8) is 0 Å². The molecule has 0 saturated heterocycles. The molecule has 0 unspecified atom stereocenters. The smallest absolute Gasteiger partial charge is 0.338 e. The van der Waals surface area contributed by atoms with E-state index in [4.69, 9.17) is 0 Å². The van der Waals surface area contributed by atoms with Gasteiger partial charge in [0, 0.05) is 13.6 Å². The minimum atomic E-state index is -0.299. The number of aryl methyl sites for hydroxylation is 3. The molecule has 7 nitrogen and oxygen atoms in total. The van der Waals surface area contributed by atoms with Crippen molar-refractivity contribution in [3.05, 3.63) is 50.7 Å². The predicted octanol–water partition coefficient (Wildman–Crippen LogP) is 1.08. The summed E-state index contributed by atoms with van der Waals surface area (Å²) in [6, 6.07) is 4.03. The summed E-state index contributed by atoms with van der Waals surface area (Å²) in [6.45, 7) is 7.01. The van der Waals surface area contributed by atoms with Gasteiger partial charge in [0.15, 0.2) is 5.82 Å². The molecule has 1 aromatic carbocycles. The van der Waals surface area contributed by atoms with Crippen LogP contribution in [0.2, 0.25) is 0 Å². The van der Waals surface area contributed by atoms with Crippen molar-refractivity contribution in [2.24, 2.45) is 7.05 Å². The SMILES string of the molecule is Cc1cc(C)c(CCNC(=O)NCc2n[nH]c(=O)n2C)c(C)c1. The van der Waals surface area contributed by atoms with E-state index in [0.29, 0.717) is 12.4 Å². The van der Waals surface area contributed by atoms with Gasteiger partial charge in [0.1, 0.15) is 0 Å². The van der Waals surface area contributed by atoms with Crippen molar-refractivity contribution in [2.75, 3.05) is 6.54 Å². The summed E-state index contributed by atoms with van der Waals surface area (Å²) in [4.78, 5) is 23.0. The first-order chi connectivity index (χ1) is 10.9. The van der Waals surface area contributed by atoms with Crippen LogP contribution in [0, 0.1) is 20.8 Å². The highest BCUT2D eigenvalue weighted by atomic mass is 16.2. The highest BCUT2D eigenvalue weighted by molar-refractivity contribution is 5.73. The van der Waals surface area contributed by atoms with Crippen LogP contribution < -0.4 is 16.3 Å². The normalized spacial score (nSPS) is 10.6. The molecule has 124 valence electrons. The average Bonchev–Trinajstić information content (AvgIpc) is 2.79. The molecule has 2 amide bonds.